The topological polar surface area (TPSA) is 56.5 Å². The Balaban J connectivity index is 1.98. The van der Waals surface area contributed by atoms with Gasteiger partial charge in [-0.15, -0.1) is 0 Å². The number of rotatable bonds is 5. The fourth-order valence-corrected chi connectivity index (χ4v) is 2.84. The van der Waals surface area contributed by atoms with Crippen LogP contribution >= 0.6 is 23.2 Å². The first kappa shape index (κ1) is 19.9. The smallest absolute Gasteiger partial charge is 0.343 e. The van der Waals surface area contributed by atoms with Crippen LogP contribution in [0.2, 0.25) is 10.0 Å². The van der Waals surface area contributed by atoms with Gasteiger partial charge in [0.1, 0.15) is 17.3 Å². The normalized spacial score (nSPS) is 11.4. The first-order valence-electron chi connectivity index (χ1n) is 8.40. The van der Waals surface area contributed by atoms with Gasteiger partial charge < -0.3 is 9.15 Å². The summed E-state index contributed by atoms with van der Waals surface area (Å²) in [7, 11) is 0. The molecule has 0 saturated carbocycles. The summed E-state index contributed by atoms with van der Waals surface area (Å²) in [6, 6.07) is 14.8. The predicted octanol–water partition coefficient (Wildman–Crippen LogP) is 6.45. The Morgan fingerprint density at radius 1 is 0.929 bits per heavy atom. The maximum absolute atomic E-state index is 12.6. The fourth-order valence-electron chi connectivity index (χ4n) is 2.59. The van der Waals surface area contributed by atoms with E-state index < -0.39 is 5.97 Å². The van der Waals surface area contributed by atoms with Crippen LogP contribution in [0.4, 0.5) is 0 Å². The lowest BCUT2D eigenvalue weighted by Gasteiger charge is -2.09. The second kappa shape index (κ2) is 8.46. The second-order valence-electron chi connectivity index (χ2n) is 6.09. The van der Waals surface area contributed by atoms with Gasteiger partial charge in [-0.25, -0.2) is 4.79 Å². The van der Waals surface area contributed by atoms with E-state index in [0.717, 1.165) is 0 Å². The molecule has 0 aliphatic carbocycles. The van der Waals surface area contributed by atoms with E-state index in [2.05, 4.69) is 0 Å². The van der Waals surface area contributed by atoms with Crippen LogP contribution in [0.3, 0.4) is 0 Å². The van der Waals surface area contributed by atoms with E-state index in [1.165, 1.54) is 6.92 Å². The van der Waals surface area contributed by atoms with E-state index in [1.54, 1.807) is 67.6 Å². The molecule has 1 heterocycles. The number of benzene rings is 2. The summed E-state index contributed by atoms with van der Waals surface area (Å²) < 4.78 is 11.2. The molecule has 3 aromatic rings. The van der Waals surface area contributed by atoms with Crippen LogP contribution in [0.15, 0.2) is 59.0 Å². The number of esters is 1. The molecule has 0 radical (unpaired) electrons. The molecule has 0 N–H and O–H groups in total. The van der Waals surface area contributed by atoms with Crippen molar-refractivity contribution >= 4 is 46.8 Å². The largest absolute Gasteiger partial charge is 0.461 e. The number of carbonyl (C=O) groups is 2. The van der Waals surface area contributed by atoms with Crippen molar-refractivity contribution in [1.29, 1.82) is 0 Å². The number of aryl methyl sites for hydroxylation is 1. The molecule has 1 aromatic heterocycles. The van der Waals surface area contributed by atoms with Crippen LogP contribution in [-0.2, 0) is 4.74 Å². The molecule has 0 amide bonds. The molecule has 0 atom stereocenters. The van der Waals surface area contributed by atoms with Gasteiger partial charge in [0.2, 0.25) is 0 Å². The third-order valence-electron chi connectivity index (χ3n) is 4.00. The van der Waals surface area contributed by atoms with E-state index in [4.69, 9.17) is 32.4 Å². The lowest BCUT2D eigenvalue weighted by molar-refractivity contribution is 0.0693. The average Bonchev–Trinajstić information content (AvgIpc) is 3.03. The van der Waals surface area contributed by atoms with Crippen molar-refractivity contribution in [2.75, 3.05) is 0 Å². The number of hydrogen-bond acceptors (Lipinski definition) is 4. The number of ketones is 1. The lowest BCUT2D eigenvalue weighted by atomic mass is 10.1. The second-order valence-corrected chi connectivity index (χ2v) is 6.96. The molecule has 0 aliphatic rings. The molecule has 0 unspecified atom stereocenters. The van der Waals surface area contributed by atoms with Crippen LogP contribution in [0.25, 0.3) is 11.8 Å². The summed E-state index contributed by atoms with van der Waals surface area (Å²) in [6.45, 7) is 3.17. The SMILES string of the molecule is CC(=O)c1cc(/C=C(/OC(=O)c2ccc(Cl)cc2)c2ccc(Cl)cc2)oc1C. The van der Waals surface area contributed by atoms with Crippen molar-refractivity contribution in [1.82, 2.24) is 0 Å². The summed E-state index contributed by atoms with van der Waals surface area (Å²) in [5.41, 5.74) is 1.46. The molecule has 0 fully saturated rings. The highest BCUT2D eigenvalue weighted by Crippen LogP contribution is 2.25. The van der Waals surface area contributed by atoms with Crippen molar-refractivity contribution in [2.24, 2.45) is 0 Å². The van der Waals surface area contributed by atoms with Crippen LogP contribution in [0, 0.1) is 6.92 Å². The molecule has 4 nitrogen and oxygen atoms in total. The zero-order valence-electron chi connectivity index (χ0n) is 15.2. The molecular formula is C22H16Cl2O4. The Kier molecular flexibility index (Phi) is 6.02. The minimum absolute atomic E-state index is 0.105. The van der Waals surface area contributed by atoms with Gasteiger partial charge in [0, 0.05) is 21.7 Å². The number of halogens is 2. The van der Waals surface area contributed by atoms with E-state index in [9.17, 15) is 9.59 Å². The summed E-state index contributed by atoms with van der Waals surface area (Å²) in [4.78, 5) is 24.2. The molecule has 28 heavy (non-hydrogen) atoms. The Bertz CT molecular complexity index is 1050. The van der Waals surface area contributed by atoms with Crippen molar-refractivity contribution in [3.8, 4) is 0 Å². The Morgan fingerprint density at radius 2 is 1.46 bits per heavy atom. The first-order chi connectivity index (χ1) is 13.3. The van der Waals surface area contributed by atoms with Crippen molar-refractivity contribution in [3.63, 3.8) is 0 Å². The number of carbonyl (C=O) groups excluding carboxylic acids is 2. The molecule has 6 heteroatoms. The first-order valence-corrected chi connectivity index (χ1v) is 9.16. The highest BCUT2D eigenvalue weighted by molar-refractivity contribution is 6.31. The molecule has 2 aromatic carbocycles. The van der Waals surface area contributed by atoms with Crippen molar-refractivity contribution < 1.29 is 18.7 Å². The minimum Gasteiger partial charge on any atom is -0.461 e. The maximum Gasteiger partial charge on any atom is 0.343 e. The molecule has 0 spiro atoms. The number of hydrogen-bond donors (Lipinski definition) is 0. The third kappa shape index (κ3) is 4.71. The van der Waals surface area contributed by atoms with Crippen molar-refractivity contribution in [2.45, 2.75) is 13.8 Å². The van der Waals surface area contributed by atoms with Crippen LogP contribution in [-0.4, -0.2) is 11.8 Å². The number of furan rings is 1. The van der Waals surface area contributed by atoms with Gasteiger partial charge in [0.15, 0.2) is 5.78 Å². The van der Waals surface area contributed by atoms with Crippen LogP contribution in [0.1, 0.15) is 44.7 Å². The Hall–Kier alpha value is -2.82. The fraction of sp³-hybridized carbons (Fsp3) is 0.0909. The Morgan fingerprint density at radius 3 is 1.96 bits per heavy atom. The minimum atomic E-state index is -0.548. The Labute approximate surface area is 172 Å². The summed E-state index contributed by atoms with van der Waals surface area (Å²) >= 11 is 11.8. The van der Waals surface area contributed by atoms with E-state index in [-0.39, 0.29) is 11.5 Å². The molecule has 3 rings (SSSR count). The zero-order valence-corrected chi connectivity index (χ0v) is 16.7. The van der Waals surface area contributed by atoms with E-state index in [1.807, 2.05) is 0 Å². The van der Waals surface area contributed by atoms with Crippen LogP contribution in [0.5, 0.6) is 0 Å². The maximum atomic E-state index is 12.6. The van der Waals surface area contributed by atoms with Gasteiger partial charge in [-0.1, -0.05) is 23.2 Å². The van der Waals surface area contributed by atoms with Gasteiger partial charge >= 0.3 is 5.97 Å². The highest BCUT2D eigenvalue weighted by Gasteiger charge is 2.15. The lowest BCUT2D eigenvalue weighted by Crippen LogP contribution is -2.04. The van der Waals surface area contributed by atoms with Crippen LogP contribution < -0.4 is 0 Å². The third-order valence-corrected chi connectivity index (χ3v) is 4.50. The molecule has 0 bridgehead atoms. The summed E-state index contributed by atoms with van der Waals surface area (Å²) in [5.74, 6) is 0.510. The standard InChI is InChI=1S/C22H16Cl2O4/c1-13(25)20-11-19(27-14(20)2)12-21(15-3-7-17(23)8-4-15)28-22(26)16-5-9-18(24)10-6-16/h3-12H,1-2H3/b21-12+. The van der Waals surface area contributed by atoms with Gasteiger partial charge in [0.25, 0.3) is 0 Å². The van der Waals surface area contributed by atoms with Gasteiger partial charge in [-0.05, 0) is 68.4 Å². The molecule has 0 saturated heterocycles. The molecular weight excluding hydrogens is 399 g/mol. The quantitative estimate of drug-likeness (QED) is 0.273. The summed E-state index contributed by atoms with van der Waals surface area (Å²) in [6.07, 6.45) is 1.57. The average molecular weight is 415 g/mol. The summed E-state index contributed by atoms with van der Waals surface area (Å²) in [5, 5.41) is 1.08. The number of Topliss-reactive ketones (excluding diaryl/α,β-unsaturated/α-hetero) is 1. The van der Waals surface area contributed by atoms with Crippen molar-refractivity contribution in [3.05, 3.63) is 92.9 Å². The van der Waals surface area contributed by atoms with Gasteiger partial charge in [-0.2, -0.15) is 0 Å². The van der Waals surface area contributed by atoms with Gasteiger partial charge in [0.05, 0.1) is 11.1 Å². The zero-order chi connectivity index (χ0) is 20.3. The molecule has 0 aliphatic heterocycles. The van der Waals surface area contributed by atoms with Gasteiger partial charge in [-0.3, -0.25) is 4.79 Å². The van der Waals surface area contributed by atoms with E-state index in [0.29, 0.717) is 38.3 Å². The number of ether oxygens (including phenoxy) is 1. The predicted molar refractivity (Wildman–Crippen MR) is 110 cm³/mol. The van der Waals surface area contributed by atoms with E-state index >= 15 is 0 Å². The highest BCUT2D eigenvalue weighted by atomic mass is 35.5. The monoisotopic (exact) mass is 414 g/mol. The molecule has 142 valence electrons.